The van der Waals surface area contributed by atoms with Gasteiger partial charge >= 0.3 is 0 Å². The highest BCUT2D eigenvalue weighted by molar-refractivity contribution is 9.10. The summed E-state index contributed by atoms with van der Waals surface area (Å²) in [5, 5.41) is 10.3. The molecule has 0 bridgehead atoms. The Labute approximate surface area is 174 Å². The normalized spacial score (nSPS) is 15.8. The fraction of sp³-hybridized carbons (Fsp3) is 0.238. The molecule has 0 aliphatic carbocycles. The Morgan fingerprint density at radius 3 is 2.69 bits per heavy atom. The Bertz CT molecular complexity index is 1170. The van der Waals surface area contributed by atoms with Crippen molar-refractivity contribution in [2.75, 3.05) is 27.4 Å². The number of carbonyl (C=O) groups excluding carboxylic acids is 1. The van der Waals surface area contributed by atoms with Crippen LogP contribution in [0.4, 0.5) is 0 Å². The number of rotatable bonds is 5. The first-order chi connectivity index (χ1) is 14.0. The van der Waals surface area contributed by atoms with Crippen LogP contribution in [0, 0.1) is 0 Å². The number of phenolic OH excluding ortho intramolecular Hbond substituents is 1. The third-order valence-corrected chi connectivity index (χ3v) is 5.48. The van der Waals surface area contributed by atoms with Crippen molar-refractivity contribution in [1.29, 1.82) is 0 Å². The topological polar surface area (TPSA) is 89.2 Å². The van der Waals surface area contributed by atoms with Gasteiger partial charge in [0, 0.05) is 18.1 Å². The predicted octanol–water partition coefficient (Wildman–Crippen LogP) is 3.46. The number of amides is 1. The van der Waals surface area contributed by atoms with E-state index in [9.17, 15) is 14.7 Å². The lowest BCUT2D eigenvalue weighted by atomic mass is 9.98. The van der Waals surface area contributed by atoms with Gasteiger partial charge in [0.05, 0.1) is 30.7 Å². The van der Waals surface area contributed by atoms with Crippen molar-refractivity contribution in [2.45, 2.75) is 6.04 Å². The first-order valence-electron chi connectivity index (χ1n) is 8.89. The predicted molar refractivity (Wildman–Crippen MR) is 110 cm³/mol. The van der Waals surface area contributed by atoms with E-state index in [1.165, 1.54) is 13.2 Å². The first kappa shape index (κ1) is 19.5. The Hall–Kier alpha value is -2.84. The average Bonchev–Trinajstić information content (AvgIpc) is 2.99. The van der Waals surface area contributed by atoms with E-state index in [4.69, 9.17) is 13.9 Å². The molecule has 3 aromatic rings. The van der Waals surface area contributed by atoms with E-state index >= 15 is 0 Å². The molecular weight excluding hydrogens is 442 g/mol. The zero-order valence-electron chi connectivity index (χ0n) is 15.8. The fourth-order valence-corrected chi connectivity index (χ4v) is 3.98. The summed E-state index contributed by atoms with van der Waals surface area (Å²) < 4.78 is 17.0. The number of nitrogens with zero attached hydrogens (tertiary/aromatic N) is 1. The lowest BCUT2D eigenvalue weighted by molar-refractivity contribution is 0.0663. The molecular formula is C21H18BrNO6. The molecule has 0 radical (unpaired) electrons. The minimum Gasteiger partial charge on any atom is -0.504 e. The van der Waals surface area contributed by atoms with Crippen LogP contribution in [0.25, 0.3) is 11.0 Å². The molecule has 2 aromatic carbocycles. The van der Waals surface area contributed by atoms with Crippen LogP contribution in [-0.4, -0.2) is 43.3 Å². The summed E-state index contributed by atoms with van der Waals surface area (Å²) in [5.41, 5.74) is 0.975. The third kappa shape index (κ3) is 3.18. The lowest BCUT2D eigenvalue weighted by Gasteiger charge is -2.25. The summed E-state index contributed by atoms with van der Waals surface area (Å²) in [6.07, 6.45) is 0. The molecule has 1 aromatic heterocycles. The number of methoxy groups -OCH3 is 2. The Balaban J connectivity index is 1.98. The Morgan fingerprint density at radius 1 is 1.17 bits per heavy atom. The van der Waals surface area contributed by atoms with Crippen LogP contribution in [0.15, 0.2) is 50.1 Å². The van der Waals surface area contributed by atoms with Crippen LogP contribution in [0.5, 0.6) is 11.5 Å². The third-order valence-electron chi connectivity index (χ3n) is 4.98. The van der Waals surface area contributed by atoms with Crippen molar-refractivity contribution in [1.82, 2.24) is 4.90 Å². The summed E-state index contributed by atoms with van der Waals surface area (Å²) in [6.45, 7) is 0.567. The number of ether oxygens (including phenoxy) is 2. The largest absolute Gasteiger partial charge is 0.504 e. The maximum absolute atomic E-state index is 13.4. The molecule has 4 rings (SSSR count). The van der Waals surface area contributed by atoms with Gasteiger partial charge in [-0.1, -0.05) is 22.0 Å². The first-order valence-corrected chi connectivity index (χ1v) is 9.68. The zero-order valence-corrected chi connectivity index (χ0v) is 17.4. The number of aromatic hydroxyl groups is 1. The molecule has 8 heteroatoms. The highest BCUT2D eigenvalue weighted by Crippen LogP contribution is 2.40. The number of carbonyl (C=O) groups is 1. The highest BCUT2D eigenvalue weighted by Gasteiger charge is 2.42. The maximum Gasteiger partial charge on any atom is 0.290 e. The van der Waals surface area contributed by atoms with Crippen LogP contribution in [0.1, 0.15) is 27.7 Å². The van der Waals surface area contributed by atoms with Gasteiger partial charge in [-0.2, -0.15) is 0 Å². The molecule has 2 heterocycles. The fourth-order valence-electron chi connectivity index (χ4n) is 3.62. The van der Waals surface area contributed by atoms with Gasteiger partial charge in [0.15, 0.2) is 16.9 Å². The molecule has 1 aliphatic rings. The molecule has 1 aliphatic heterocycles. The van der Waals surface area contributed by atoms with E-state index in [1.54, 1.807) is 42.3 Å². The summed E-state index contributed by atoms with van der Waals surface area (Å²) in [5.74, 6) is -0.129. The van der Waals surface area contributed by atoms with Gasteiger partial charge in [0.25, 0.3) is 5.91 Å². The monoisotopic (exact) mass is 459 g/mol. The summed E-state index contributed by atoms with van der Waals surface area (Å²) in [6, 6.07) is 9.17. The van der Waals surface area contributed by atoms with E-state index in [2.05, 4.69) is 15.9 Å². The van der Waals surface area contributed by atoms with Gasteiger partial charge in [0.1, 0.15) is 5.58 Å². The van der Waals surface area contributed by atoms with Crippen molar-refractivity contribution in [3.8, 4) is 11.5 Å². The second-order valence-corrected chi connectivity index (χ2v) is 7.56. The van der Waals surface area contributed by atoms with E-state index in [-0.39, 0.29) is 40.7 Å². The minimum absolute atomic E-state index is 0.0259. The molecule has 1 N–H and O–H groups in total. The number of hydrogen-bond acceptors (Lipinski definition) is 6. The molecule has 1 unspecified atom stereocenters. The number of benzene rings is 2. The van der Waals surface area contributed by atoms with Crippen molar-refractivity contribution in [2.24, 2.45) is 0 Å². The average molecular weight is 460 g/mol. The van der Waals surface area contributed by atoms with E-state index in [0.717, 1.165) is 4.47 Å². The lowest BCUT2D eigenvalue weighted by Crippen LogP contribution is -2.32. The smallest absolute Gasteiger partial charge is 0.290 e. The van der Waals surface area contributed by atoms with Crippen LogP contribution in [0.3, 0.4) is 0 Å². The number of phenols is 1. The van der Waals surface area contributed by atoms with Crippen molar-refractivity contribution >= 4 is 32.8 Å². The van der Waals surface area contributed by atoms with Gasteiger partial charge in [-0.25, -0.2) is 0 Å². The molecule has 7 nitrogen and oxygen atoms in total. The quantitative estimate of drug-likeness (QED) is 0.628. The van der Waals surface area contributed by atoms with Crippen LogP contribution < -0.4 is 10.2 Å². The molecule has 1 atom stereocenters. The summed E-state index contributed by atoms with van der Waals surface area (Å²) in [7, 11) is 2.98. The van der Waals surface area contributed by atoms with Crippen molar-refractivity contribution in [3.63, 3.8) is 0 Å². The Morgan fingerprint density at radius 2 is 1.97 bits per heavy atom. The van der Waals surface area contributed by atoms with Crippen LogP contribution >= 0.6 is 15.9 Å². The van der Waals surface area contributed by atoms with Gasteiger partial charge in [0.2, 0.25) is 5.76 Å². The van der Waals surface area contributed by atoms with Gasteiger partial charge in [-0.3, -0.25) is 9.59 Å². The van der Waals surface area contributed by atoms with Crippen molar-refractivity contribution < 1.29 is 23.8 Å². The molecule has 29 heavy (non-hydrogen) atoms. The Kier molecular flexibility index (Phi) is 5.06. The van der Waals surface area contributed by atoms with Crippen LogP contribution in [-0.2, 0) is 4.74 Å². The molecule has 0 saturated carbocycles. The van der Waals surface area contributed by atoms with E-state index in [1.807, 2.05) is 0 Å². The van der Waals surface area contributed by atoms with Gasteiger partial charge in [-0.05, 0) is 35.9 Å². The molecule has 1 amide bonds. The molecule has 0 saturated heterocycles. The standard InChI is InChI=1S/C21H18BrNO6/c1-27-8-7-23-18(11-3-5-14(24)16(9-11)28-2)17-19(25)13-10-12(22)4-6-15(13)29-20(17)21(23)26/h3-6,9-10,18,24H,7-8H2,1-2H3. The zero-order chi connectivity index (χ0) is 20.7. The van der Waals surface area contributed by atoms with Crippen molar-refractivity contribution in [3.05, 3.63) is 68.0 Å². The summed E-state index contributed by atoms with van der Waals surface area (Å²) in [4.78, 5) is 28.0. The second-order valence-electron chi connectivity index (χ2n) is 6.64. The molecule has 150 valence electrons. The number of fused-ring (bicyclic) bond motifs is 2. The second kappa shape index (κ2) is 7.53. The molecule has 0 fully saturated rings. The minimum atomic E-state index is -0.679. The summed E-state index contributed by atoms with van der Waals surface area (Å²) >= 11 is 3.37. The van der Waals surface area contributed by atoms with Gasteiger partial charge < -0.3 is 23.9 Å². The number of halogens is 1. The van der Waals surface area contributed by atoms with E-state index < -0.39 is 6.04 Å². The number of hydrogen-bond donors (Lipinski definition) is 1. The highest BCUT2D eigenvalue weighted by atomic mass is 79.9. The van der Waals surface area contributed by atoms with Gasteiger partial charge in [-0.15, -0.1) is 0 Å². The maximum atomic E-state index is 13.4. The van der Waals surface area contributed by atoms with Crippen LogP contribution in [0.2, 0.25) is 0 Å². The van der Waals surface area contributed by atoms with E-state index in [0.29, 0.717) is 23.1 Å². The SMILES string of the molecule is COCCN1C(=O)c2oc3ccc(Br)cc3c(=O)c2C1c1ccc(O)c(OC)c1. The molecule has 0 spiro atoms.